The Morgan fingerprint density at radius 3 is 2.11 bits per heavy atom. The Bertz CT molecular complexity index is 888. The molecule has 2 amide bonds. The van der Waals surface area contributed by atoms with Gasteiger partial charge in [-0.05, 0) is 63.2 Å². The van der Waals surface area contributed by atoms with E-state index in [1.807, 2.05) is 0 Å². The van der Waals surface area contributed by atoms with Crippen molar-refractivity contribution < 1.29 is 28.2 Å². The molecule has 0 saturated heterocycles. The average molecular weight is 388 g/mol. The first-order valence-electron chi connectivity index (χ1n) is 8.38. The van der Waals surface area contributed by atoms with Crippen LogP contribution in [0.4, 0.5) is 20.6 Å². The molecule has 7 nitrogen and oxygen atoms in total. The molecule has 2 aromatic carbocycles. The highest BCUT2D eigenvalue weighted by atomic mass is 19.1. The molecule has 0 atom stereocenters. The summed E-state index contributed by atoms with van der Waals surface area (Å²) in [5.74, 6) is -1.65. The van der Waals surface area contributed by atoms with E-state index in [1.165, 1.54) is 43.5 Å². The number of hydrogen-bond donors (Lipinski definition) is 2. The number of methoxy groups -OCH3 is 1. The van der Waals surface area contributed by atoms with Crippen molar-refractivity contribution in [2.45, 2.75) is 26.4 Å². The number of anilines is 2. The zero-order chi connectivity index (χ0) is 20.9. The number of ether oxygens (including phenoxy) is 2. The monoisotopic (exact) mass is 388 g/mol. The van der Waals surface area contributed by atoms with Gasteiger partial charge in [-0.3, -0.25) is 10.1 Å². The predicted octanol–water partition coefficient (Wildman–Crippen LogP) is 4.21. The van der Waals surface area contributed by atoms with Gasteiger partial charge in [0.15, 0.2) is 0 Å². The lowest BCUT2D eigenvalue weighted by Crippen LogP contribution is -2.27. The Morgan fingerprint density at radius 1 is 0.929 bits per heavy atom. The summed E-state index contributed by atoms with van der Waals surface area (Å²) >= 11 is 0. The van der Waals surface area contributed by atoms with Gasteiger partial charge in [0.2, 0.25) is 0 Å². The zero-order valence-corrected chi connectivity index (χ0v) is 16.0. The second-order valence-corrected chi connectivity index (χ2v) is 6.84. The first-order valence-corrected chi connectivity index (χ1v) is 8.38. The predicted molar refractivity (Wildman–Crippen MR) is 102 cm³/mol. The summed E-state index contributed by atoms with van der Waals surface area (Å²) in [4.78, 5) is 35.6. The van der Waals surface area contributed by atoms with Crippen molar-refractivity contribution in [2.24, 2.45) is 0 Å². The second kappa shape index (κ2) is 8.51. The first-order chi connectivity index (χ1) is 13.1. The molecule has 2 N–H and O–H groups in total. The van der Waals surface area contributed by atoms with E-state index in [2.05, 4.69) is 15.4 Å². The highest BCUT2D eigenvalue weighted by Gasteiger charge is 2.18. The van der Waals surface area contributed by atoms with Crippen LogP contribution in [0.2, 0.25) is 0 Å². The molecule has 0 fully saturated rings. The van der Waals surface area contributed by atoms with Gasteiger partial charge in [0.05, 0.1) is 18.4 Å². The van der Waals surface area contributed by atoms with Crippen LogP contribution in [-0.2, 0) is 9.47 Å². The number of hydrogen-bond acceptors (Lipinski definition) is 5. The lowest BCUT2D eigenvalue weighted by atomic mass is 10.1. The highest BCUT2D eigenvalue weighted by molar-refractivity contribution is 6.05. The number of carbonyl (C=O) groups is 3. The van der Waals surface area contributed by atoms with Crippen LogP contribution < -0.4 is 10.6 Å². The number of rotatable bonds is 4. The van der Waals surface area contributed by atoms with Crippen molar-refractivity contribution in [3.63, 3.8) is 0 Å². The topological polar surface area (TPSA) is 93.7 Å². The maximum Gasteiger partial charge on any atom is 0.412 e. The molecule has 0 unspecified atom stereocenters. The molecule has 8 heteroatoms. The molecule has 2 rings (SSSR count). The quantitative estimate of drug-likeness (QED) is 0.765. The number of benzene rings is 2. The molecular formula is C20H21FN2O5. The maximum atomic E-state index is 14.0. The molecule has 0 aliphatic heterocycles. The van der Waals surface area contributed by atoms with E-state index in [0.29, 0.717) is 11.1 Å². The third-order valence-electron chi connectivity index (χ3n) is 3.43. The molecular weight excluding hydrogens is 367 g/mol. The normalized spacial score (nSPS) is 10.8. The Hall–Kier alpha value is -3.42. The van der Waals surface area contributed by atoms with E-state index < -0.39 is 29.4 Å². The third kappa shape index (κ3) is 5.80. The van der Waals surface area contributed by atoms with E-state index in [9.17, 15) is 18.8 Å². The molecule has 0 spiro atoms. The van der Waals surface area contributed by atoms with Crippen LogP contribution in [0.1, 0.15) is 41.5 Å². The largest absolute Gasteiger partial charge is 0.465 e. The zero-order valence-electron chi connectivity index (χ0n) is 16.0. The minimum atomic E-state index is -0.812. The maximum absolute atomic E-state index is 14.0. The van der Waals surface area contributed by atoms with Gasteiger partial charge >= 0.3 is 12.1 Å². The van der Waals surface area contributed by atoms with E-state index >= 15 is 0 Å². The summed E-state index contributed by atoms with van der Waals surface area (Å²) in [7, 11) is 1.26. The molecule has 0 aliphatic rings. The van der Waals surface area contributed by atoms with E-state index in [-0.39, 0.29) is 11.4 Å². The summed E-state index contributed by atoms with van der Waals surface area (Å²) in [5.41, 5.74) is 0.00819. The van der Waals surface area contributed by atoms with Gasteiger partial charge in [-0.2, -0.15) is 0 Å². The smallest absolute Gasteiger partial charge is 0.412 e. The van der Waals surface area contributed by atoms with E-state index in [4.69, 9.17) is 4.74 Å². The van der Waals surface area contributed by atoms with Crippen LogP contribution in [0.15, 0.2) is 42.5 Å². The molecule has 0 radical (unpaired) electrons. The number of nitrogens with one attached hydrogen (secondary N) is 2. The standard InChI is InChI=1S/C20H21FN2O5/c1-20(2,3)28-19(26)23-16-11-14(9-10-15(16)21)22-17(24)12-5-7-13(8-6-12)18(25)27-4/h5-11H,1-4H3,(H,22,24)(H,23,26). The van der Waals surface area contributed by atoms with Gasteiger partial charge in [0, 0.05) is 11.3 Å². The van der Waals surface area contributed by atoms with Crippen LogP contribution in [-0.4, -0.2) is 30.7 Å². The van der Waals surface area contributed by atoms with Crippen molar-refractivity contribution in [1.82, 2.24) is 0 Å². The molecule has 148 valence electrons. The summed E-state index contributed by atoms with van der Waals surface area (Å²) in [5, 5.41) is 4.90. The molecule has 2 aromatic rings. The van der Waals surface area contributed by atoms with Gasteiger partial charge in [0.1, 0.15) is 11.4 Å². The second-order valence-electron chi connectivity index (χ2n) is 6.84. The average Bonchev–Trinajstić information content (AvgIpc) is 2.62. The number of esters is 1. The third-order valence-corrected chi connectivity index (χ3v) is 3.43. The first kappa shape index (κ1) is 20.9. The molecule has 0 bridgehead atoms. The van der Waals surface area contributed by atoms with Crippen molar-refractivity contribution in [3.05, 3.63) is 59.4 Å². The fourth-order valence-corrected chi connectivity index (χ4v) is 2.19. The molecule has 0 aliphatic carbocycles. The Balaban J connectivity index is 2.10. The highest BCUT2D eigenvalue weighted by Crippen LogP contribution is 2.21. The van der Waals surface area contributed by atoms with Crippen LogP contribution >= 0.6 is 0 Å². The molecule has 0 aromatic heterocycles. The van der Waals surface area contributed by atoms with Crippen molar-refractivity contribution >= 4 is 29.3 Å². The lowest BCUT2D eigenvalue weighted by Gasteiger charge is -2.20. The van der Waals surface area contributed by atoms with Crippen molar-refractivity contribution in [2.75, 3.05) is 17.7 Å². The Kier molecular flexibility index (Phi) is 6.35. The van der Waals surface area contributed by atoms with E-state index in [1.54, 1.807) is 20.8 Å². The van der Waals surface area contributed by atoms with Gasteiger partial charge in [-0.15, -0.1) is 0 Å². The minimum absolute atomic E-state index is 0.131. The Morgan fingerprint density at radius 2 is 1.54 bits per heavy atom. The van der Waals surface area contributed by atoms with Crippen LogP contribution in [0.25, 0.3) is 0 Å². The molecule has 0 saturated carbocycles. The minimum Gasteiger partial charge on any atom is -0.465 e. The van der Waals surface area contributed by atoms with Crippen LogP contribution in [0.5, 0.6) is 0 Å². The fraction of sp³-hybridized carbons (Fsp3) is 0.250. The Labute approximate surface area is 161 Å². The summed E-state index contributed by atoms with van der Waals surface area (Å²) < 4.78 is 23.6. The van der Waals surface area contributed by atoms with Crippen molar-refractivity contribution in [1.29, 1.82) is 0 Å². The van der Waals surface area contributed by atoms with Gasteiger partial charge < -0.3 is 14.8 Å². The summed E-state index contributed by atoms with van der Waals surface area (Å²) in [6, 6.07) is 9.59. The fourth-order valence-electron chi connectivity index (χ4n) is 2.19. The van der Waals surface area contributed by atoms with Crippen molar-refractivity contribution in [3.8, 4) is 0 Å². The lowest BCUT2D eigenvalue weighted by molar-refractivity contribution is 0.0598. The van der Waals surface area contributed by atoms with Gasteiger partial charge in [-0.25, -0.2) is 14.0 Å². The summed E-state index contributed by atoms with van der Waals surface area (Å²) in [6.07, 6.45) is -0.812. The van der Waals surface area contributed by atoms with Gasteiger partial charge in [0.25, 0.3) is 5.91 Å². The summed E-state index contributed by atoms with van der Waals surface area (Å²) in [6.45, 7) is 5.06. The van der Waals surface area contributed by atoms with E-state index in [0.717, 1.165) is 6.07 Å². The number of amides is 2. The number of halogens is 1. The molecule has 28 heavy (non-hydrogen) atoms. The SMILES string of the molecule is COC(=O)c1ccc(C(=O)Nc2ccc(F)c(NC(=O)OC(C)(C)C)c2)cc1. The number of carbonyl (C=O) groups excluding carboxylic acids is 3. The van der Waals surface area contributed by atoms with Crippen LogP contribution in [0.3, 0.4) is 0 Å². The van der Waals surface area contributed by atoms with Crippen LogP contribution in [0, 0.1) is 5.82 Å². The van der Waals surface area contributed by atoms with Gasteiger partial charge in [-0.1, -0.05) is 0 Å². The molecule has 0 heterocycles.